The van der Waals surface area contributed by atoms with E-state index in [1.54, 1.807) is 6.07 Å². The molecule has 0 aliphatic carbocycles. The van der Waals surface area contributed by atoms with Crippen molar-refractivity contribution < 1.29 is 0 Å². The van der Waals surface area contributed by atoms with Crippen LogP contribution in [-0.2, 0) is 6.54 Å². The van der Waals surface area contributed by atoms with Gasteiger partial charge in [-0.25, -0.2) is 4.98 Å². The van der Waals surface area contributed by atoms with Crippen LogP contribution in [0.3, 0.4) is 0 Å². The van der Waals surface area contributed by atoms with Crippen LogP contribution in [0.25, 0.3) is 10.8 Å². The van der Waals surface area contributed by atoms with Crippen molar-refractivity contribution in [2.24, 2.45) is 5.73 Å². The highest BCUT2D eigenvalue weighted by Gasteiger charge is 2.03. The molecule has 0 saturated carbocycles. The molecule has 1 heterocycles. The van der Waals surface area contributed by atoms with Crippen LogP contribution in [0.4, 0.5) is 0 Å². The van der Waals surface area contributed by atoms with Crippen molar-refractivity contribution in [2.75, 3.05) is 0 Å². The zero-order valence-electron chi connectivity index (χ0n) is 7.30. The summed E-state index contributed by atoms with van der Waals surface area (Å²) in [5.41, 5.74) is 6.27. The van der Waals surface area contributed by atoms with E-state index in [0.717, 1.165) is 16.5 Å². The minimum absolute atomic E-state index is 0.387. The van der Waals surface area contributed by atoms with Gasteiger partial charge in [0, 0.05) is 17.0 Å². The molecule has 1 aromatic heterocycles. The van der Waals surface area contributed by atoms with Crippen molar-refractivity contribution in [2.45, 2.75) is 6.54 Å². The van der Waals surface area contributed by atoms with E-state index in [4.69, 9.17) is 28.9 Å². The Bertz CT molecular complexity index is 483. The van der Waals surface area contributed by atoms with Gasteiger partial charge in [0.1, 0.15) is 5.15 Å². The second-order valence-corrected chi connectivity index (χ2v) is 3.77. The smallest absolute Gasteiger partial charge is 0.137 e. The molecule has 0 radical (unpaired) electrons. The summed E-state index contributed by atoms with van der Waals surface area (Å²) >= 11 is 11.8. The van der Waals surface area contributed by atoms with Crippen LogP contribution in [0.5, 0.6) is 0 Å². The fourth-order valence-electron chi connectivity index (χ4n) is 1.34. The molecule has 0 spiro atoms. The molecular formula is C10H8Cl2N2. The summed E-state index contributed by atoms with van der Waals surface area (Å²) in [5, 5.41) is 2.97. The van der Waals surface area contributed by atoms with Gasteiger partial charge < -0.3 is 5.73 Å². The molecule has 2 N–H and O–H groups in total. The summed E-state index contributed by atoms with van der Waals surface area (Å²) in [6.07, 6.45) is 0. The summed E-state index contributed by atoms with van der Waals surface area (Å²) < 4.78 is 0. The summed E-state index contributed by atoms with van der Waals surface area (Å²) in [6, 6.07) is 7.44. The van der Waals surface area contributed by atoms with Gasteiger partial charge in [-0.05, 0) is 23.6 Å². The van der Waals surface area contributed by atoms with Gasteiger partial charge in [-0.2, -0.15) is 0 Å². The lowest BCUT2D eigenvalue weighted by Crippen LogP contribution is -1.99. The zero-order chi connectivity index (χ0) is 10.1. The average molecular weight is 227 g/mol. The number of hydrogen-bond donors (Lipinski definition) is 1. The Hall–Kier alpha value is -0.830. The van der Waals surface area contributed by atoms with E-state index in [1.807, 2.05) is 18.2 Å². The maximum absolute atomic E-state index is 5.99. The van der Waals surface area contributed by atoms with E-state index < -0.39 is 0 Å². The van der Waals surface area contributed by atoms with Crippen molar-refractivity contribution in [1.82, 2.24) is 4.98 Å². The number of benzene rings is 1. The van der Waals surface area contributed by atoms with Crippen LogP contribution in [-0.4, -0.2) is 4.98 Å². The van der Waals surface area contributed by atoms with Crippen molar-refractivity contribution in [3.63, 3.8) is 0 Å². The number of nitrogens with two attached hydrogens (primary N) is 1. The van der Waals surface area contributed by atoms with Crippen molar-refractivity contribution in [3.8, 4) is 0 Å². The van der Waals surface area contributed by atoms with Crippen LogP contribution >= 0.6 is 23.2 Å². The minimum Gasteiger partial charge on any atom is -0.325 e. The summed E-state index contributed by atoms with van der Waals surface area (Å²) in [7, 11) is 0. The Labute approximate surface area is 91.6 Å². The maximum Gasteiger partial charge on any atom is 0.137 e. The quantitative estimate of drug-likeness (QED) is 0.760. The highest BCUT2D eigenvalue weighted by Crippen LogP contribution is 2.25. The molecule has 0 fully saturated rings. The third-order valence-corrected chi connectivity index (χ3v) is 2.53. The van der Waals surface area contributed by atoms with Crippen LogP contribution in [0, 0.1) is 0 Å². The lowest BCUT2D eigenvalue weighted by Gasteiger charge is -2.03. The lowest BCUT2D eigenvalue weighted by molar-refractivity contribution is 0.998. The van der Waals surface area contributed by atoms with E-state index in [0.29, 0.717) is 16.7 Å². The van der Waals surface area contributed by atoms with Gasteiger partial charge in [-0.3, -0.25) is 0 Å². The van der Waals surface area contributed by atoms with Crippen LogP contribution in [0.15, 0.2) is 24.3 Å². The molecule has 0 amide bonds. The van der Waals surface area contributed by atoms with Crippen LogP contribution in [0.2, 0.25) is 10.2 Å². The number of hydrogen-bond acceptors (Lipinski definition) is 2. The predicted octanol–water partition coefficient (Wildman–Crippen LogP) is 3.00. The Balaban J connectivity index is 2.76. The van der Waals surface area contributed by atoms with Crippen molar-refractivity contribution in [1.29, 1.82) is 0 Å². The number of nitrogens with zero attached hydrogens (tertiary/aromatic N) is 1. The molecule has 0 unspecified atom stereocenters. The molecule has 0 atom stereocenters. The number of rotatable bonds is 1. The Morgan fingerprint density at radius 2 is 2.00 bits per heavy atom. The number of fused-ring (bicyclic) bond motifs is 1. The second-order valence-electron chi connectivity index (χ2n) is 2.97. The highest BCUT2D eigenvalue weighted by atomic mass is 35.5. The Morgan fingerprint density at radius 1 is 1.21 bits per heavy atom. The molecule has 2 nitrogen and oxygen atoms in total. The monoisotopic (exact) mass is 226 g/mol. The molecule has 4 heteroatoms. The van der Waals surface area contributed by atoms with Gasteiger partial charge in [0.15, 0.2) is 0 Å². The third-order valence-electron chi connectivity index (χ3n) is 2.01. The van der Waals surface area contributed by atoms with E-state index in [-0.39, 0.29) is 0 Å². The molecule has 0 aliphatic heterocycles. The maximum atomic E-state index is 5.99. The van der Waals surface area contributed by atoms with Gasteiger partial charge in [0.2, 0.25) is 0 Å². The topological polar surface area (TPSA) is 38.9 Å². The van der Waals surface area contributed by atoms with Crippen LogP contribution < -0.4 is 5.73 Å². The van der Waals surface area contributed by atoms with Gasteiger partial charge in [-0.15, -0.1) is 0 Å². The summed E-state index contributed by atoms with van der Waals surface area (Å²) in [5.74, 6) is 0. The number of halogens is 2. The highest BCUT2D eigenvalue weighted by molar-refractivity contribution is 6.35. The van der Waals surface area contributed by atoms with E-state index in [2.05, 4.69) is 4.98 Å². The molecular weight excluding hydrogens is 219 g/mol. The van der Waals surface area contributed by atoms with E-state index in [9.17, 15) is 0 Å². The first-order chi connectivity index (χ1) is 6.70. The molecule has 2 rings (SSSR count). The zero-order valence-corrected chi connectivity index (χ0v) is 8.81. The molecule has 0 saturated heterocycles. The summed E-state index contributed by atoms with van der Waals surface area (Å²) in [6.45, 7) is 0.387. The van der Waals surface area contributed by atoms with Gasteiger partial charge in [0.25, 0.3) is 0 Å². The first-order valence-corrected chi connectivity index (χ1v) is 4.91. The van der Waals surface area contributed by atoms with Gasteiger partial charge >= 0.3 is 0 Å². The largest absolute Gasteiger partial charge is 0.325 e. The molecule has 0 aliphatic rings. The van der Waals surface area contributed by atoms with Crippen LogP contribution in [0.1, 0.15) is 5.69 Å². The fourth-order valence-corrected chi connectivity index (χ4v) is 1.78. The lowest BCUT2D eigenvalue weighted by atomic mass is 10.1. The third kappa shape index (κ3) is 1.69. The molecule has 1 aromatic carbocycles. The van der Waals surface area contributed by atoms with Crippen molar-refractivity contribution in [3.05, 3.63) is 40.1 Å². The van der Waals surface area contributed by atoms with Crippen molar-refractivity contribution >= 4 is 34.0 Å². The first kappa shape index (κ1) is 9.71. The van der Waals surface area contributed by atoms with Gasteiger partial charge in [-0.1, -0.05) is 29.3 Å². The first-order valence-electron chi connectivity index (χ1n) is 4.15. The Morgan fingerprint density at radius 3 is 2.71 bits per heavy atom. The Kier molecular flexibility index (Phi) is 2.59. The van der Waals surface area contributed by atoms with Gasteiger partial charge in [0.05, 0.1) is 5.69 Å². The standard InChI is InChI=1S/C10H8Cl2N2/c11-7-2-1-6-3-8(5-13)14-10(12)9(6)4-7/h1-4H,5,13H2. The molecule has 0 bridgehead atoms. The molecule has 72 valence electrons. The molecule has 2 aromatic rings. The predicted molar refractivity (Wildman–Crippen MR) is 59.7 cm³/mol. The number of aromatic nitrogens is 1. The normalized spacial score (nSPS) is 10.8. The number of pyridine rings is 1. The van der Waals surface area contributed by atoms with E-state index in [1.165, 1.54) is 0 Å². The van der Waals surface area contributed by atoms with E-state index >= 15 is 0 Å². The minimum atomic E-state index is 0.387. The fraction of sp³-hybridized carbons (Fsp3) is 0.100. The SMILES string of the molecule is NCc1cc2ccc(Cl)cc2c(Cl)n1. The molecule has 14 heavy (non-hydrogen) atoms. The average Bonchev–Trinajstić information content (AvgIpc) is 2.19. The second kappa shape index (κ2) is 3.73. The summed E-state index contributed by atoms with van der Waals surface area (Å²) in [4.78, 5) is 4.14.